The molecule has 0 bridgehead atoms. The first-order valence-electron chi connectivity index (χ1n) is 7.06. The zero-order chi connectivity index (χ0) is 18.6. The Bertz CT molecular complexity index is 990. The van der Waals surface area contributed by atoms with E-state index in [4.69, 9.17) is 5.26 Å². The van der Waals surface area contributed by atoms with E-state index in [1.54, 1.807) is 31.2 Å². The fourth-order valence-electron chi connectivity index (χ4n) is 1.98. The maximum absolute atomic E-state index is 12.3. The molecular weight excluding hydrogens is 344 g/mol. The summed E-state index contributed by atoms with van der Waals surface area (Å²) in [7, 11) is -4.04. The maximum Gasteiger partial charge on any atom is 0.276 e. The van der Waals surface area contributed by atoms with Crippen LogP contribution in [-0.2, 0) is 10.0 Å². The minimum atomic E-state index is -4.04. The highest BCUT2D eigenvalue weighted by molar-refractivity contribution is 7.89. The quantitative estimate of drug-likeness (QED) is 0.499. The van der Waals surface area contributed by atoms with Gasteiger partial charge in [0, 0.05) is 11.6 Å². The molecule has 1 N–H and O–H groups in total. The van der Waals surface area contributed by atoms with E-state index in [1.807, 2.05) is 6.07 Å². The highest BCUT2D eigenvalue weighted by atomic mass is 32.2. The molecule has 0 radical (unpaired) electrons. The van der Waals surface area contributed by atoms with E-state index in [2.05, 4.69) is 9.93 Å². The summed E-state index contributed by atoms with van der Waals surface area (Å²) in [6.45, 7) is 3.12. The molecule has 0 atom stereocenters. The lowest BCUT2D eigenvalue weighted by Crippen LogP contribution is -2.20. The fraction of sp³-hybridized carbons (Fsp3) is 0.125. The molecule has 0 aromatic heterocycles. The second-order valence-corrected chi connectivity index (χ2v) is 6.85. The average Bonchev–Trinajstić information content (AvgIpc) is 2.59. The first-order chi connectivity index (χ1) is 11.7. The predicted molar refractivity (Wildman–Crippen MR) is 91.5 cm³/mol. The number of aryl methyl sites for hydroxylation is 1. The van der Waals surface area contributed by atoms with Gasteiger partial charge in [-0.1, -0.05) is 18.2 Å². The van der Waals surface area contributed by atoms with Gasteiger partial charge in [0.1, 0.15) is 0 Å². The summed E-state index contributed by atoms with van der Waals surface area (Å²) in [5.74, 6) is 0. The molecule has 8 nitrogen and oxygen atoms in total. The molecule has 0 aliphatic rings. The van der Waals surface area contributed by atoms with Gasteiger partial charge in [0.2, 0.25) is 0 Å². The van der Waals surface area contributed by atoms with Crippen molar-refractivity contribution in [3.8, 4) is 6.07 Å². The molecular formula is C16H14N4O4S. The van der Waals surface area contributed by atoms with Crippen LogP contribution in [0.15, 0.2) is 52.5 Å². The Labute approximate surface area is 144 Å². The molecule has 2 aromatic rings. The number of hydrogen-bond acceptors (Lipinski definition) is 6. The lowest BCUT2D eigenvalue weighted by Gasteiger charge is -2.06. The number of nitrogens with one attached hydrogen (secondary N) is 1. The molecule has 2 rings (SSSR count). The van der Waals surface area contributed by atoms with Gasteiger partial charge >= 0.3 is 0 Å². The lowest BCUT2D eigenvalue weighted by molar-refractivity contribution is -0.385. The first kappa shape index (κ1) is 18.1. The SMILES string of the molecule is C/C(=N/NS(=O)(=O)c1ccc(C)c([N+](=O)[O-])c1)c1ccc(C#N)cc1. The fourth-order valence-corrected chi connectivity index (χ4v) is 2.86. The normalized spacial score (nSPS) is 11.6. The smallest absolute Gasteiger partial charge is 0.258 e. The second kappa shape index (κ2) is 7.11. The maximum atomic E-state index is 12.3. The van der Waals surface area contributed by atoms with Crippen molar-refractivity contribution in [3.05, 3.63) is 69.3 Å². The van der Waals surface area contributed by atoms with Crippen LogP contribution in [0, 0.1) is 28.4 Å². The first-order valence-corrected chi connectivity index (χ1v) is 8.54. The topological polar surface area (TPSA) is 125 Å². The zero-order valence-electron chi connectivity index (χ0n) is 13.4. The molecule has 0 saturated heterocycles. The third-order valence-corrected chi connectivity index (χ3v) is 4.66. The summed E-state index contributed by atoms with van der Waals surface area (Å²) < 4.78 is 24.5. The predicted octanol–water partition coefficient (Wildman–Crippen LogP) is 2.48. The average molecular weight is 358 g/mol. The van der Waals surface area contributed by atoms with Crippen LogP contribution >= 0.6 is 0 Å². The second-order valence-electron chi connectivity index (χ2n) is 5.19. The molecule has 0 amide bonds. The number of sulfonamides is 1. The van der Waals surface area contributed by atoms with Crippen molar-refractivity contribution in [2.45, 2.75) is 18.7 Å². The number of nitro groups is 1. The van der Waals surface area contributed by atoms with E-state index in [1.165, 1.54) is 19.1 Å². The van der Waals surface area contributed by atoms with E-state index >= 15 is 0 Å². The molecule has 25 heavy (non-hydrogen) atoms. The minimum Gasteiger partial charge on any atom is -0.258 e. The highest BCUT2D eigenvalue weighted by Crippen LogP contribution is 2.22. The number of rotatable bonds is 5. The van der Waals surface area contributed by atoms with Crippen LogP contribution in [-0.4, -0.2) is 19.1 Å². The molecule has 9 heteroatoms. The van der Waals surface area contributed by atoms with Crippen molar-refractivity contribution in [1.29, 1.82) is 5.26 Å². The van der Waals surface area contributed by atoms with Crippen molar-refractivity contribution in [1.82, 2.24) is 4.83 Å². The van der Waals surface area contributed by atoms with E-state index < -0.39 is 14.9 Å². The number of benzene rings is 2. The van der Waals surface area contributed by atoms with Crippen molar-refractivity contribution in [3.63, 3.8) is 0 Å². The Kier molecular flexibility index (Phi) is 5.14. The Morgan fingerprint density at radius 1 is 1.24 bits per heavy atom. The van der Waals surface area contributed by atoms with Gasteiger partial charge in [-0.05, 0) is 37.6 Å². The van der Waals surface area contributed by atoms with Gasteiger partial charge in [0.25, 0.3) is 15.7 Å². The van der Waals surface area contributed by atoms with E-state index in [-0.39, 0.29) is 10.6 Å². The Balaban J connectivity index is 2.27. The third kappa shape index (κ3) is 4.19. The summed E-state index contributed by atoms with van der Waals surface area (Å²) in [6, 6.07) is 12.1. The minimum absolute atomic E-state index is 0.249. The Hall–Kier alpha value is -3.25. The standard InChI is InChI=1S/C16H14N4O4S/c1-11-3-8-15(9-16(11)20(21)22)25(23,24)19-18-12(2)14-6-4-13(10-17)5-7-14/h3-9,19H,1-2H3/b18-12-. The molecule has 0 unspecified atom stereocenters. The van der Waals surface area contributed by atoms with Gasteiger partial charge in [-0.15, -0.1) is 0 Å². The van der Waals surface area contributed by atoms with Gasteiger partial charge in [-0.3, -0.25) is 10.1 Å². The zero-order valence-corrected chi connectivity index (χ0v) is 14.2. The van der Waals surface area contributed by atoms with E-state index in [9.17, 15) is 18.5 Å². The van der Waals surface area contributed by atoms with E-state index in [0.29, 0.717) is 22.4 Å². The van der Waals surface area contributed by atoms with Crippen molar-refractivity contribution in [2.75, 3.05) is 0 Å². The number of hydrazone groups is 1. The largest absolute Gasteiger partial charge is 0.276 e. The Morgan fingerprint density at radius 2 is 1.88 bits per heavy atom. The number of nitrogens with zero attached hydrogens (tertiary/aromatic N) is 3. The van der Waals surface area contributed by atoms with Crippen LogP contribution < -0.4 is 4.83 Å². The van der Waals surface area contributed by atoms with Gasteiger partial charge in [-0.25, -0.2) is 0 Å². The van der Waals surface area contributed by atoms with Crippen LogP contribution in [0.1, 0.15) is 23.6 Å². The highest BCUT2D eigenvalue weighted by Gasteiger charge is 2.19. The molecule has 128 valence electrons. The van der Waals surface area contributed by atoms with Crippen LogP contribution in [0.4, 0.5) is 5.69 Å². The van der Waals surface area contributed by atoms with Crippen molar-refractivity contribution < 1.29 is 13.3 Å². The summed E-state index contributed by atoms with van der Waals surface area (Å²) in [4.78, 5) is 12.1. The molecule has 0 aliphatic heterocycles. The molecule has 0 fully saturated rings. The monoisotopic (exact) mass is 358 g/mol. The molecule has 0 spiro atoms. The number of hydrogen-bond donors (Lipinski definition) is 1. The summed E-state index contributed by atoms with van der Waals surface area (Å²) in [5.41, 5.74) is 1.58. The van der Waals surface area contributed by atoms with Gasteiger partial charge < -0.3 is 0 Å². The van der Waals surface area contributed by atoms with Gasteiger partial charge in [0.15, 0.2) is 0 Å². The van der Waals surface area contributed by atoms with Crippen LogP contribution in [0.25, 0.3) is 0 Å². The van der Waals surface area contributed by atoms with Crippen molar-refractivity contribution >= 4 is 21.4 Å². The summed E-state index contributed by atoms with van der Waals surface area (Å²) in [5, 5.41) is 23.5. The molecule has 2 aromatic carbocycles. The number of nitriles is 1. The molecule has 0 heterocycles. The number of nitro benzene ring substituents is 1. The van der Waals surface area contributed by atoms with Crippen LogP contribution in [0.3, 0.4) is 0 Å². The summed E-state index contributed by atoms with van der Waals surface area (Å²) in [6.07, 6.45) is 0. The summed E-state index contributed by atoms with van der Waals surface area (Å²) >= 11 is 0. The van der Waals surface area contributed by atoms with Gasteiger partial charge in [-0.2, -0.15) is 23.6 Å². The molecule has 0 aliphatic carbocycles. The van der Waals surface area contributed by atoms with Crippen LogP contribution in [0.5, 0.6) is 0 Å². The third-order valence-electron chi connectivity index (χ3n) is 3.45. The van der Waals surface area contributed by atoms with Gasteiger partial charge in [0.05, 0.1) is 27.2 Å². The van der Waals surface area contributed by atoms with Crippen molar-refractivity contribution in [2.24, 2.45) is 5.10 Å². The lowest BCUT2D eigenvalue weighted by atomic mass is 10.1. The van der Waals surface area contributed by atoms with Crippen LogP contribution in [0.2, 0.25) is 0 Å². The van der Waals surface area contributed by atoms with E-state index in [0.717, 1.165) is 6.07 Å². The Morgan fingerprint density at radius 3 is 2.44 bits per heavy atom. The molecule has 0 saturated carbocycles.